The van der Waals surface area contributed by atoms with Crippen LogP contribution in [0.15, 0.2) is 41.5 Å². The number of carbonyl (C=O) groups is 1. The van der Waals surface area contributed by atoms with Gasteiger partial charge < -0.3 is 19.6 Å². The van der Waals surface area contributed by atoms with Crippen molar-refractivity contribution in [2.75, 3.05) is 13.7 Å². The van der Waals surface area contributed by atoms with Gasteiger partial charge in [-0.1, -0.05) is 0 Å². The third-order valence-corrected chi connectivity index (χ3v) is 5.48. The Morgan fingerprint density at radius 3 is 2.73 bits per heavy atom. The number of nitrogens with one attached hydrogen (secondary N) is 2. The van der Waals surface area contributed by atoms with Gasteiger partial charge in [0.1, 0.15) is 5.69 Å². The normalized spacial score (nSPS) is 16.0. The maximum atomic E-state index is 14.0. The van der Waals surface area contributed by atoms with Crippen molar-refractivity contribution in [3.63, 3.8) is 0 Å². The molecular formula is C21H16F2N4O3. The Bertz CT molecular complexity index is 1350. The number of benzene rings is 1. The van der Waals surface area contributed by atoms with E-state index >= 15 is 0 Å². The number of aromatic amines is 2. The molecule has 1 amide bonds. The lowest BCUT2D eigenvalue weighted by Gasteiger charge is -2.33. The predicted octanol–water partition coefficient (Wildman–Crippen LogP) is 3.03. The Morgan fingerprint density at radius 2 is 1.97 bits per heavy atom. The summed E-state index contributed by atoms with van der Waals surface area (Å²) in [6.45, 7) is 0.257. The first kappa shape index (κ1) is 18.4. The maximum Gasteiger partial charge on any atom is 0.270 e. The summed E-state index contributed by atoms with van der Waals surface area (Å²) in [5.41, 5.74) is 1.58. The van der Waals surface area contributed by atoms with E-state index in [0.717, 1.165) is 23.0 Å². The fraction of sp³-hybridized carbons (Fsp3) is 0.190. The predicted molar refractivity (Wildman–Crippen MR) is 105 cm³/mol. The number of aromatic nitrogens is 3. The van der Waals surface area contributed by atoms with Crippen LogP contribution in [-0.4, -0.2) is 39.4 Å². The lowest BCUT2D eigenvalue weighted by Crippen LogP contribution is -2.37. The zero-order valence-electron chi connectivity index (χ0n) is 15.8. The number of likely N-dealkylation sites (N-methyl/N-ethyl adjacent to an activating group) is 1. The molecule has 1 aromatic carbocycles. The maximum absolute atomic E-state index is 14.0. The zero-order valence-corrected chi connectivity index (χ0v) is 15.8. The van der Waals surface area contributed by atoms with Gasteiger partial charge in [-0.25, -0.2) is 8.78 Å². The van der Waals surface area contributed by atoms with Gasteiger partial charge in [-0.2, -0.15) is 0 Å². The average molecular weight is 410 g/mol. The van der Waals surface area contributed by atoms with Crippen molar-refractivity contribution >= 4 is 27.6 Å². The fourth-order valence-corrected chi connectivity index (χ4v) is 3.97. The standard InChI is InChI=1S/C21H16F2N4O3/c1-27(21(29)16-4-10-7-24-3-2-15(10)25-16)18-9-30-8-17-19(18)11-5-13(22)14(23)6-12(11)20(28)26-17/h2-7,18,25H,8-9H2,1H3,(H,26,28)/t18-/m1/s1. The molecule has 7 nitrogen and oxygen atoms in total. The molecule has 0 radical (unpaired) electrons. The van der Waals surface area contributed by atoms with E-state index in [-0.39, 0.29) is 29.9 Å². The van der Waals surface area contributed by atoms with Crippen molar-refractivity contribution in [2.24, 2.45) is 0 Å². The van der Waals surface area contributed by atoms with Gasteiger partial charge >= 0.3 is 0 Å². The number of ether oxygens (including phenoxy) is 1. The summed E-state index contributed by atoms with van der Waals surface area (Å²) in [4.78, 5) is 36.8. The first-order valence-corrected chi connectivity index (χ1v) is 9.25. The van der Waals surface area contributed by atoms with Crippen molar-refractivity contribution in [2.45, 2.75) is 12.6 Å². The van der Waals surface area contributed by atoms with Crippen molar-refractivity contribution in [3.05, 3.63) is 75.6 Å². The van der Waals surface area contributed by atoms with Crippen LogP contribution < -0.4 is 5.56 Å². The number of halogens is 2. The third-order valence-electron chi connectivity index (χ3n) is 5.48. The van der Waals surface area contributed by atoms with Crippen LogP contribution in [0.5, 0.6) is 0 Å². The van der Waals surface area contributed by atoms with Gasteiger partial charge in [0.15, 0.2) is 11.6 Å². The molecule has 3 aromatic heterocycles. The van der Waals surface area contributed by atoms with Gasteiger partial charge in [-0.3, -0.25) is 14.6 Å². The molecule has 9 heteroatoms. The Labute approximate surface area is 168 Å². The molecule has 1 aliphatic rings. The van der Waals surface area contributed by atoms with Crippen LogP contribution in [0.2, 0.25) is 0 Å². The zero-order chi connectivity index (χ0) is 21.0. The molecule has 152 valence electrons. The van der Waals surface area contributed by atoms with E-state index in [1.165, 1.54) is 4.90 Å². The van der Waals surface area contributed by atoms with Gasteiger partial charge in [-0.15, -0.1) is 0 Å². The monoisotopic (exact) mass is 410 g/mol. The second kappa shape index (κ2) is 6.74. The van der Waals surface area contributed by atoms with E-state index < -0.39 is 23.2 Å². The van der Waals surface area contributed by atoms with Crippen molar-refractivity contribution in [1.82, 2.24) is 19.9 Å². The molecule has 4 aromatic rings. The number of amides is 1. The lowest BCUT2D eigenvalue weighted by molar-refractivity contribution is 0.0333. The van der Waals surface area contributed by atoms with Crippen LogP contribution in [-0.2, 0) is 11.3 Å². The minimum atomic E-state index is -1.10. The van der Waals surface area contributed by atoms with Crippen LogP contribution in [0.1, 0.15) is 27.8 Å². The molecule has 5 rings (SSSR count). The average Bonchev–Trinajstić information content (AvgIpc) is 3.18. The number of rotatable bonds is 2. The SMILES string of the molecule is CN(C(=O)c1cc2cnccc2[nH]1)[C@@H]1COCc2[nH]c(=O)c3cc(F)c(F)cc3c21. The molecule has 4 heterocycles. The highest BCUT2D eigenvalue weighted by Gasteiger charge is 2.32. The molecule has 0 aliphatic carbocycles. The third kappa shape index (κ3) is 2.78. The number of fused-ring (bicyclic) bond motifs is 4. The molecule has 0 spiro atoms. The second-order valence-corrected chi connectivity index (χ2v) is 7.25. The highest BCUT2D eigenvalue weighted by Crippen LogP contribution is 2.34. The number of H-pyrrole nitrogens is 2. The molecule has 1 aliphatic heterocycles. The number of carbonyl (C=O) groups excluding carboxylic acids is 1. The molecule has 0 saturated carbocycles. The molecule has 0 saturated heterocycles. The molecule has 2 N–H and O–H groups in total. The molecule has 0 bridgehead atoms. The topological polar surface area (TPSA) is 91.1 Å². The van der Waals surface area contributed by atoms with Gasteiger partial charge in [0, 0.05) is 41.6 Å². The minimum Gasteiger partial charge on any atom is -0.373 e. The molecular weight excluding hydrogens is 394 g/mol. The Morgan fingerprint density at radius 1 is 1.20 bits per heavy atom. The van der Waals surface area contributed by atoms with Crippen molar-refractivity contribution in [3.8, 4) is 0 Å². The number of nitrogens with zero attached hydrogens (tertiary/aromatic N) is 2. The fourth-order valence-electron chi connectivity index (χ4n) is 3.97. The molecule has 1 atom stereocenters. The van der Waals surface area contributed by atoms with E-state index in [1.807, 2.05) is 0 Å². The first-order chi connectivity index (χ1) is 14.4. The Balaban J connectivity index is 1.63. The first-order valence-electron chi connectivity index (χ1n) is 9.25. The Hall–Kier alpha value is -3.59. The van der Waals surface area contributed by atoms with E-state index in [2.05, 4.69) is 15.0 Å². The van der Waals surface area contributed by atoms with Gasteiger partial charge in [0.05, 0.1) is 24.6 Å². The summed E-state index contributed by atoms with van der Waals surface area (Å²) in [5, 5.41) is 1.08. The smallest absolute Gasteiger partial charge is 0.270 e. The number of hydrogen-bond donors (Lipinski definition) is 2. The second-order valence-electron chi connectivity index (χ2n) is 7.25. The van der Waals surface area contributed by atoms with Gasteiger partial charge in [0.2, 0.25) is 0 Å². The largest absolute Gasteiger partial charge is 0.373 e. The van der Waals surface area contributed by atoms with E-state index in [9.17, 15) is 18.4 Å². The number of hydrogen-bond acceptors (Lipinski definition) is 4. The van der Waals surface area contributed by atoms with Crippen LogP contribution in [0.3, 0.4) is 0 Å². The Kier molecular flexibility index (Phi) is 4.14. The molecule has 0 fully saturated rings. The lowest BCUT2D eigenvalue weighted by atomic mass is 9.95. The minimum absolute atomic E-state index is 0.0251. The van der Waals surface area contributed by atoms with Gasteiger partial charge in [-0.05, 0) is 29.7 Å². The summed E-state index contributed by atoms with van der Waals surface area (Å²) in [5.74, 6) is -2.47. The van der Waals surface area contributed by atoms with Crippen LogP contribution in [0.4, 0.5) is 8.78 Å². The summed E-state index contributed by atoms with van der Waals surface area (Å²) in [7, 11) is 1.60. The molecule has 0 unspecified atom stereocenters. The van der Waals surface area contributed by atoms with Crippen molar-refractivity contribution < 1.29 is 18.3 Å². The van der Waals surface area contributed by atoms with Gasteiger partial charge in [0.25, 0.3) is 11.5 Å². The van der Waals surface area contributed by atoms with Crippen LogP contribution in [0.25, 0.3) is 21.7 Å². The summed E-state index contributed by atoms with van der Waals surface area (Å²) in [6, 6.07) is 4.74. The van der Waals surface area contributed by atoms with E-state index in [1.54, 1.807) is 31.6 Å². The summed E-state index contributed by atoms with van der Waals surface area (Å²) < 4.78 is 33.3. The summed E-state index contributed by atoms with van der Waals surface area (Å²) in [6.07, 6.45) is 3.27. The van der Waals surface area contributed by atoms with Crippen LogP contribution in [0, 0.1) is 11.6 Å². The quantitative estimate of drug-likeness (QED) is 0.532. The van der Waals surface area contributed by atoms with E-state index in [0.29, 0.717) is 17.0 Å². The van der Waals surface area contributed by atoms with Crippen LogP contribution >= 0.6 is 0 Å². The van der Waals surface area contributed by atoms with E-state index in [4.69, 9.17) is 4.74 Å². The number of pyridine rings is 2. The highest BCUT2D eigenvalue weighted by atomic mass is 19.2. The summed E-state index contributed by atoms with van der Waals surface area (Å²) >= 11 is 0. The van der Waals surface area contributed by atoms with Crippen molar-refractivity contribution in [1.29, 1.82) is 0 Å². The highest BCUT2D eigenvalue weighted by molar-refractivity contribution is 5.98. The molecule has 30 heavy (non-hydrogen) atoms.